The molecule has 6 fully saturated rings. The van der Waals surface area contributed by atoms with Crippen molar-refractivity contribution in [2.24, 2.45) is 35.0 Å². The molecular weight excluding hydrogens is 824 g/mol. The molecule has 62 heavy (non-hydrogen) atoms. The molecule has 5 aliphatic heterocycles. The third kappa shape index (κ3) is 7.03. The van der Waals surface area contributed by atoms with Gasteiger partial charge in [0.25, 0.3) is 0 Å². The standard InChI is InChI=1S/C42H62O20/c1-14-11-57-42(37(54)27(14)47)21(10-43)26-19-6-7-20-18(25(19)30(50)35(26)62-42)5-4-16-8-17(44)9-24(41(16,20)3)59-40-36(61-39-33(53)31(51)28(48)15(2)58-39)34(23(46)13-56-40)60-38-32(52)29(49)22(45)12-55-38/h4,14-15,17-18,20-24,26-29,31-40,43-49,51-54H,5-13H2,1-3H3. The third-order valence-corrected chi connectivity index (χ3v) is 15.8. The molecule has 0 aromatic carbocycles. The highest BCUT2D eigenvalue weighted by Gasteiger charge is 2.69. The molecule has 20 nitrogen and oxygen atoms in total. The van der Waals surface area contributed by atoms with Gasteiger partial charge < -0.3 is 94.1 Å². The van der Waals surface area contributed by atoms with E-state index in [2.05, 4.69) is 0 Å². The highest BCUT2D eigenvalue weighted by atomic mass is 16.8. The van der Waals surface area contributed by atoms with E-state index in [4.69, 9.17) is 37.9 Å². The Morgan fingerprint density at radius 1 is 0.790 bits per heavy atom. The molecule has 5 saturated heterocycles. The Bertz CT molecular complexity index is 1750. The van der Waals surface area contributed by atoms with Crippen molar-refractivity contribution in [3.8, 4) is 0 Å². The number of hydrogen-bond donors (Lipinski definition) is 11. The van der Waals surface area contributed by atoms with Crippen LogP contribution in [0.15, 0.2) is 22.8 Å². The zero-order valence-electron chi connectivity index (χ0n) is 34.8. The maximum absolute atomic E-state index is 14.6. The van der Waals surface area contributed by atoms with Crippen molar-refractivity contribution in [2.45, 2.75) is 169 Å². The van der Waals surface area contributed by atoms with E-state index >= 15 is 0 Å². The Morgan fingerprint density at radius 3 is 2.23 bits per heavy atom. The number of rotatable bonds is 7. The van der Waals surface area contributed by atoms with Crippen LogP contribution >= 0.6 is 0 Å². The average molecular weight is 887 g/mol. The molecular formula is C42H62O20. The number of Topliss-reactive ketones (excluding diaryl/α,β-unsaturated/α-hetero) is 1. The van der Waals surface area contributed by atoms with Gasteiger partial charge in [-0.1, -0.05) is 31.1 Å². The lowest BCUT2D eigenvalue weighted by molar-refractivity contribution is -0.382. The first-order valence-corrected chi connectivity index (χ1v) is 22.0. The monoisotopic (exact) mass is 886 g/mol. The molecule has 0 amide bonds. The van der Waals surface area contributed by atoms with Gasteiger partial charge in [0.1, 0.15) is 67.1 Å². The summed E-state index contributed by atoms with van der Waals surface area (Å²) in [5.74, 6) is -4.34. The number of allylic oxidation sites excluding steroid dienone is 1. The molecule has 20 heteroatoms. The van der Waals surface area contributed by atoms with Crippen molar-refractivity contribution in [3.05, 3.63) is 22.8 Å². The quantitative estimate of drug-likeness (QED) is 0.109. The average Bonchev–Trinajstić information content (AvgIpc) is 3.72. The number of ether oxygens (including phenoxy) is 8. The molecule has 0 radical (unpaired) electrons. The lowest BCUT2D eigenvalue weighted by atomic mass is 9.51. The van der Waals surface area contributed by atoms with Crippen molar-refractivity contribution >= 4 is 5.78 Å². The summed E-state index contributed by atoms with van der Waals surface area (Å²) in [6.07, 6.45) is -21.3. The molecule has 1 spiro atoms. The summed E-state index contributed by atoms with van der Waals surface area (Å²) in [4.78, 5) is 14.6. The van der Waals surface area contributed by atoms with Gasteiger partial charge in [-0.3, -0.25) is 4.79 Å². The zero-order valence-corrected chi connectivity index (χ0v) is 34.8. The number of fused-ring (bicyclic) bond motifs is 6. The maximum atomic E-state index is 14.6. The number of aliphatic hydroxyl groups is 11. The summed E-state index contributed by atoms with van der Waals surface area (Å²) >= 11 is 0. The van der Waals surface area contributed by atoms with Crippen LogP contribution in [-0.4, -0.2) is 205 Å². The van der Waals surface area contributed by atoms with Gasteiger partial charge in [-0.15, -0.1) is 0 Å². The minimum atomic E-state index is -1.79. The number of ketones is 1. The zero-order chi connectivity index (χ0) is 44.3. The number of carbonyl (C=O) groups is 1. The molecule has 9 aliphatic rings. The van der Waals surface area contributed by atoms with Gasteiger partial charge in [0, 0.05) is 35.2 Å². The van der Waals surface area contributed by atoms with Crippen LogP contribution in [0.2, 0.25) is 0 Å². The smallest absolute Gasteiger partial charge is 0.203 e. The van der Waals surface area contributed by atoms with Crippen LogP contribution in [0.1, 0.15) is 52.9 Å². The summed E-state index contributed by atoms with van der Waals surface area (Å²) in [6, 6.07) is 0. The fourth-order valence-electron chi connectivity index (χ4n) is 12.2. The normalized spacial score (nSPS) is 55.4. The highest BCUT2D eigenvalue weighted by molar-refractivity contribution is 6.04. The first-order valence-electron chi connectivity index (χ1n) is 22.0. The van der Waals surface area contributed by atoms with E-state index in [1.807, 2.05) is 13.0 Å². The lowest BCUT2D eigenvalue weighted by Gasteiger charge is -2.56. The number of hydrogen-bond acceptors (Lipinski definition) is 20. The van der Waals surface area contributed by atoms with Gasteiger partial charge in [-0.2, -0.15) is 0 Å². The third-order valence-electron chi connectivity index (χ3n) is 15.8. The maximum Gasteiger partial charge on any atom is 0.203 e. The van der Waals surface area contributed by atoms with E-state index in [1.165, 1.54) is 6.92 Å². The van der Waals surface area contributed by atoms with Crippen LogP contribution < -0.4 is 0 Å². The molecule has 5 heterocycles. The van der Waals surface area contributed by atoms with E-state index in [9.17, 15) is 61.0 Å². The van der Waals surface area contributed by atoms with E-state index in [-0.39, 0.29) is 30.6 Å². The van der Waals surface area contributed by atoms with Crippen LogP contribution in [0.5, 0.6) is 0 Å². The Morgan fingerprint density at radius 2 is 1.48 bits per heavy atom. The van der Waals surface area contributed by atoms with Gasteiger partial charge in [-0.25, -0.2) is 0 Å². The summed E-state index contributed by atoms with van der Waals surface area (Å²) in [5.41, 5.74) is 1.52. The lowest BCUT2D eigenvalue weighted by Crippen LogP contribution is -2.65. The largest absolute Gasteiger partial charge is 0.396 e. The first kappa shape index (κ1) is 45.5. The van der Waals surface area contributed by atoms with E-state index in [1.54, 1.807) is 6.92 Å². The minimum absolute atomic E-state index is 0.0720. The molecule has 4 aliphatic carbocycles. The van der Waals surface area contributed by atoms with E-state index in [0.717, 1.165) is 11.1 Å². The molecule has 9 rings (SSSR count). The summed E-state index contributed by atoms with van der Waals surface area (Å²) < 4.78 is 49.0. The SMILES string of the molecule is CC1COC2(OC3C(=O)C4=C(CCC5C4CC=C4CC(O)CC(OC6OCC(O)C(OC7OCC(O)C(O)C7O)C6OC6OC(C)C(O)C(O)C6O)C45C)C3C2CO)C(O)C1O. The Hall–Kier alpha value is -1.61. The highest BCUT2D eigenvalue weighted by Crippen LogP contribution is 2.64. The summed E-state index contributed by atoms with van der Waals surface area (Å²) in [7, 11) is 0. The Kier molecular flexibility index (Phi) is 12.4. The second-order valence-electron chi connectivity index (χ2n) is 19.2. The Balaban J connectivity index is 1.02. The molecule has 350 valence electrons. The van der Waals surface area contributed by atoms with Gasteiger partial charge in [0.15, 0.2) is 24.7 Å². The number of carbonyl (C=O) groups excluding carboxylic acids is 1. The summed E-state index contributed by atoms with van der Waals surface area (Å²) in [6.45, 7) is 4.02. The second kappa shape index (κ2) is 16.9. The van der Waals surface area contributed by atoms with Gasteiger partial charge in [0.05, 0.1) is 50.8 Å². The van der Waals surface area contributed by atoms with Gasteiger partial charge in [0.2, 0.25) is 5.79 Å². The van der Waals surface area contributed by atoms with Crippen LogP contribution in [-0.2, 0) is 42.7 Å². The fourth-order valence-corrected chi connectivity index (χ4v) is 12.2. The predicted molar refractivity (Wildman–Crippen MR) is 204 cm³/mol. The van der Waals surface area contributed by atoms with E-state index < -0.39 is 159 Å². The molecule has 1 saturated carbocycles. The minimum Gasteiger partial charge on any atom is -0.396 e. The molecule has 25 unspecified atom stereocenters. The number of aliphatic hydroxyl groups excluding tert-OH is 11. The van der Waals surface area contributed by atoms with Crippen molar-refractivity contribution < 1.29 is 98.9 Å². The van der Waals surface area contributed by atoms with Crippen molar-refractivity contribution in [1.29, 1.82) is 0 Å². The first-order chi connectivity index (χ1) is 29.4. The molecule has 0 aromatic rings. The van der Waals surface area contributed by atoms with E-state index in [0.29, 0.717) is 31.3 Å². The van der Waals surface area contributed by atoms with Gasteiger partial charge in [-0.05, 0) is 44.4 Å². The van der Waals surface area contributed by atoms with Crippen molar-refractivity contribution in [1.82, 2.24) is 0 Å². The predicted octanol–water partition coefficient (Wildman–Crippen LogP) is -3.77. The molecule has 11 N–H and O–H groups in total. The van der Waals surface area contributed by atoms with Crippen LogP contribution in [0.25, 0.3) is 0 Å². The van der Waals surface area contributed by atoms with Gasteiger partial charge >= 0.3 is 0 Å². The second-order valence-corrected chi connectivity index (χ2v) is 19.2. The van der Waals surface area contributed by atoms with Crippen LogP contribution in [0.4, 0.5) is 0 Å². The summed E-state index contributed by atoms with van der Waals surface area (Å²) in [5, 5.41) is 119. The topological polar surface area (TPSA) is 313 Å². The molecule has 0 aromatic heterocycles. The Labute approximate surface area is 357 Å². The van der Waals surface area contributed by atoms with Crippen molar-refractivity contribution in [3.63, 3.8) is 0 Å². The van der Waals surface area contributed by atoms with Crippen LogP contribution in [0, 0.1) is 35.0 Å². The fraction of sp³-hybridized carbons (Fsp3) is 0.881. The molecule has 0 bridgehead atoms. The molecule has 25 atom stereocenters. The van der Waals surface area contributed by atoms with Crippen molar-refractivity contribution in [2.75, 3.05) is 26.4 Å². The van der Waals surface area contributed by atoms with Crippen LogP contribution in [0.3, 0.4) is 0 Å².